The minimum Gasteiger partial charge on any atom is -0.312 e. The van der Waals surface area contributed by atoms with Gasteiger partial charge < -0.3 is 10.2 Å². The Kier molecular flexibility index (Phi) is 6.36. The zero-order valence-corrected chi connectivity index (χ0v) is 14.0. The molecule has 0 saturated carbocycles. The highest BCUT2D eigenvalue weighted by Crippen LogP contribution is 2.22. The minimum absolute atomic E-state index is 0.467. The van der Waals surface area contributed by atoms with Crippen LogP contribution in [0.15, 0.2) is 35.7 Å². The molecular weight excluding hydrogens is 278 g/mol. The quantitative estimate of drug-likeness (QED) is 0.811. The molecule has 0 aliphatic rings. The molecule has 0 spiro atoms. The van der Waals surface area contributed by atoms with Gasteiger partial charge in [0.1, 0.15) is 0 Å². The van der Waals surface area contributed by atoms with Crippen LogP contribution in [0.25, 0.3) is 11.3 Å². The van der Waals surface area contributed by atoms with Crippen molar-refractivity contribution in [2.45, 2.75) is 25.8 Å². The second kappa shape index (κ2) is 8.27. The maximum atomic E-state index is 4.80. The molecule has 0 amide bonds. The molecule has 0 bridgehead atoms. The standard InChI is InChI=1S/C17H25N3S/c1-4-10-18-15(12-20(2)3)11-17-19-16(13-21-17)14-8-6-5-7-9-14/h5-9,13,15,18H,4,10-12H2,1-3H3. The van der Waals surface area contributed by atoms with Crippen LogP contribution in [-0.2, 0) is 6.42 Å². The smallest absolute Gasteiger partial charge is 0.0948 e. The van der Waals surface area contributed by atoms with Crippen LogP contribution >= 0.6 is 11.3 Å². The van der Waals surface area contributed by atoms with E-state index < -0.39 is 0 Å². The van der Waals surface area contributed by atoms with Crippen molar-refractivity contribution >= 4 is 11.3 Å². The van der Waals surface area contributed by atoms with Gasteiger partial charge in [-0.1, -0.05) is 37.3 Å². The summed E-state index contributed by atoms with van der Waals surface area (Å²) >= 11 is 1.76. The van der Waals surface area contributed by atoms with E-state index in [1.165, 1.54) is 10.6 Å². The number of likely N-dealkylation sites (N-methyl/N-ethyl adjacent to an activating group) is 1. The molecule has 1 heterocycles. The van der Waals surface area contributed by atoms with Crippen LogP contribution in [0, 0.1) is 0 Å². The Morgan fingerprint density at radius 2 is 2.00 bits per heavy atom. The Morgan fingerprint density at radius 3 is 2.67 bits per heavy atom. The first kappa shape index (κ1) is 16.1. The first-order chi connectivity index (χ1) is 10.2. The third-order valence-corrected chi connectivity index (χ3v) is 4.18. The average molecular weight is 303 g/mol. The molecule has 4 heteroatoms. The minimum atomic E-state index is 0.467. The fourth-order valence-electron chi connectivity index (χ4n) is 2.35. The monoisotopic (exact) mass is 303 g/mol. The number of hydrogen-bond donors (Lipinski definition) is 1. The van der Waals surface area contributed by atoms with Gasteiger partial charge in [0.15, 0.2) is 0 Å². The van der Waals surface area contributed by atoms with Gasteiger partial charge in [0.05, 0.1) is 10.7 Å². The fourth-order valence-corrected chi connectivity index (χ4v) is 3.23. The van der Waals surface area contributed by atoms with Crippen molar-refractivity contribution in [2.75, 3.05) is 27.2 Å². The summed E-state index contributed by atoms with van der Waals surface area (Å²) in [5.41, 5.74) is 2.29. The Balaban J connectivity index is 2.02. The zero-order chi connectivity index (χ0) is 15.1. The highest BCUT2D eigenvalue weighted by Gasteiger charge is 2.13. The summed E-state index contributed by atoms with van der Waals surface area (Å²) < 4.78 is 0. The topological polar surface area (TPSA) is 28.2 Å². The van der Waals surface area contributed by atoms with Gasteiger partial charge in [-0.05, 0) is 27.1 Å². The SMILES string of the molecule is CCCNC(Cc1nc(-c2ccccc2)cs1)CN(C)C. The molecule has 2 aromatic rings. The molecule has 1 aromatic carbocycles. The molecule has 21 heavy (non-hydrogen) atoms. The number of thiazole rings is 1. The highest BCUT2D eigenvalue weighted by atomic mass is 32.1. The molecule has 1 N–H and O–H groups in total. The predicted octanol–water partition coefficient (Wildman–Crippen LogP) is 3.28. The number of hydrogen-bond acceptors (Lipinski definition) is 4. The molecule has 3 nitrogen and oxygen atoms in total. The molecule has 0 aliphatic carbocycles. The van der Waals surface area contributed by atoms with Gasteiger partial charge in [-0.3, -0.25) is 0 Å². The number of benzene rings is 1. The van der Waals surface area contributed by atoms with Gasteiger partial charge in [-0.15, -0.1) is 11.3 Å². The molecule has 0 aliphatic heterocycles. The van der Waals surface area contributed by atoms with Crippen molar-refractivity contribution in [3.05, 3.63) is 40.7 Å². The Labute approximate surface area is 132 Å². The van der Waals surface area contributed by atoms with Gasteiger partial charge in [0, 0.05) is 30.0 Å². The third-order valence-electron chi connectivity index (χ3n) is 3.31. The second-order valence-corrected chi connectivity index (χ2v) is 6.55. The summed E-state index contributed by atoms with van der Waals surface area (Å²) in [6.45, 7) is 4.31. The molecule has 114 valence electrons. The van der Waals surface area contributed by atoms with Gasteiger partial charge in [-0.2, -0.15) is 0 Å². The zero-order valence-electron chi connectivity index (χ0n) is 13.2. The van der Waals surface area contributed by atoms with Crippen LogP contribution in [0.2, 0.25) is 0 Å². The Morgan fingerprint density at radius 1 is 1.24 bits per heavy atom. The molecule has 1 aromatic heterocycles. The molecular formula is C17H25N3S. The highest BCUT2D eigenvalue weighted by molar-refractivity contribution is 7.09. The van der Waals surface area contributed by atoms with E-state index >= 15 is 0 Å². The lowest BCUT2D eigenvalue weighted by Gasteiger charge is -2.21. The fraction of sp³-hybridized carbons (Fsp3) is 0.471. The molecule has 0 radical (unpaired) electrons. The van der Waals surface area contributed by atoms with E-state index in [-0.39, 0.29) is 0 Å². The average Bonchev–Trinajstić information content (AvgIpc) is 2.93. The summed E-state index contributed by atoms with van der Waals surface area (Å²) in [7, 11) is 4.25. The van der Waals surface area contributed by atoms with Gasteiger partial charge in [0.25, 0.3) is 0 Å². The summed E-state index contributed by atoms with van der Waals surface area (Å²) in [6, 6.07) is 10.9. The van der Waals surface area contributed by atoms with Crippen molar-refractivity contribution in [1.82, 2.24) is 15.2 Å². The largest absolute Gasteiger partial charge is 0.312 e. The van der Waals surface area contributed by atoms with Crippen molar-refractivity contribution in [3.8, 4) is 11.3 Å². The molecule has 1 unspecified atom stereocenters. The first-order valence-corrected chi connectivity index (χ1v) is 8.45. The maximum absolute atomic E-state index is 4.80. The number of aromatic nitrogens is 1. The van der Waals surface area contributed by atoms with Crippen LogP contribution in [0.1, 0.15) is 18.4 Å². The molecule has 0 saturated heterocycles. The molecule has 1 atom stereocenters. The van der Waals surface area contributed by atoms with E-state index in [0.29, 0.717) is 6.04 Å². The third kappa shape index (κ3) is 5.23. The van der Waals surface area contributed by atoms with E-state index in [1.54, 1.807) is 11.3 Å². The lowest BCUT2D eigenvalue weighted by molar-refractivity contribution is 0.336. The second-order valence-electron chi connectivity index (χ2n) is 5.61. The van der Waals surface area contributed by atoms with Crippen molar-refractivity contribution in [2.24, 2.45) is 0 Å². The van der Waals surface area contributed by atoms with E-state index in [0.717, 1.165) is 31.6 Å². The van der Waals surface area contributed by atoms with E-state index in [1.807, 2.05) is 6.07 Å². The number of rotatable bonds is 8. The molecule has 0 fully saturated rings. The summed E-state index contributed by atoms with van der Waals surface area (Å²) in [5.74, 6) is 0. The molecule has 2 rings (SSSR count). The maximum Gasteiger partial charge on any atom is 0.0948 e. The Bertz CT molecular complexity index is 522. The van der Waals surface area contributed by atoms with E-state index in [9.17, 15) is 0 Å². The number of nitrogens with one attached hydrogen (secondary N) is 1. The van der Waals surface area contributed by atoms with Crippen LogP contribution in [0.5, 0.6) is 0 Å². The summed E-state index contributed by atoms with van der Waals surface area (Å²) in [4.78, 5) is 7.03. The van der Waals surface area contributed by atoms with Crippen molar-refractivity contribution in [1.29, 1.82) is 0 Å². The van der Waals surface area contributed by atoms with Crippen molar-refractivity contribution in [3.63, 3.8) is 0 Å². The van der Waals surface area contributed by atoms with Gasteiger partial charge in [0.2, 0.25) is 0 Å². The summed E-state index contributed by atoms with van der Waals surface area (Å²) in [5, 5.41) is 7.00. The lowest BCUT2D eigenvalue weighted by atomic mass is 10.1. The Hall–Kier alpha value is -1.23. The normalized spacial score (nSPS) is 12.8. The van der Waals surface area contributed by atoms with E-state index in [4.69, 9.17) is 4.98 Å². The van der Waals surface area contributed by atoms with Crippen LogP contribution < -0.4 is 5.32 Å². The number of nitrogens with zero attached hydrogens (tertiary/aromatic N) is 2. The van der Waals surface area contributed by atoms with Crippen LogP contribution in [0.3, 0.4) is 0 Å². The van der Waals surface area contributed by atoms with Crippen LogP contribution in [0.4, 0.5) is 0 Å². The predicted molar refractivity (Wildman–Crippen MR) is 91.9 cm³/mol. The summed E-state index contributed by atoms with van der Waals surface area (Å²) in [6.07, 6.45) is 2.16. The van der Waals surface area contributed by atoms with Crippen LogP contribution in [-0.4, -0.2) is 43.1 Å². The van der Waals surface area contributed by atoms with Crippen molar-refractivity contribution < 1.29 is 0 Å². The first-order valence-electron chi connectivity index (χ1n) is 7.57. The lowest BCUT2D eigenvalue weighted by Crippen LogP contribution is -2.40. The van der Waals surface area contributed by atoms with Gasteiger partial charge in [-0.25, -0.2) is 4.98 Å². The van der Waals surface area contributed by atoms with Gasteiger partial charge >= 0.3 is 0 Å². The van der Waals surface area contributed by atoms with E-state index in [2.05, 4.69) is 60.9 Å².